The van der Waals surface area contributed by atoms with Crippen molar-refractivity contribution in [1.82, 2.24) is 5.32 Å². The molecule has 0 aliphatic carbocycles. The number of nitrogens with one attached hydrogen (secondary N) is 2. The van der Waals surface area contributed by atoms with Crippen LogP contribution in [0.4, 0.5) is 11.4 Å². The Hall–Kier alpha value is -2.41. The summed E-state index contributed by atoms with van der Waals surface area (Å²) in [7, 11) is 0. The van der Waals surface area contributed by atoms with Crippen molar-refractivity contribution in [2.75, 3.05) is 36.5 Å². The molecule has 2 fully saturated rings. The van der Waals surface area contributed by atoms with Gasteiger partial charge in [0.15, 0.2) is 11.7 Å². The second-order valence-electron chi connectivity index (χ2n) is 7.57. The summed E-state index contributed by atoms with van der Waals surface area (Å²) in [6.07, 6.45) is 0.937. The van der Waals surface area contributed by atoms with Gasteiger partial charge in [-0.3, -0.25) is 14.4 Å². The molecule has 0 bridgehead atoms. The lowest BCUT2D eigenvalue weighted by Gasteiger charge is -2.29. The molecule has 2 heterocycles. The number of carbonyl (C=O) groups is 3. The third-order valence-electron chi connectivity index (χ3n) is 4.91. The van der Waals surface area contributed by atoms with Crippen LogP contribution in [0.5, 0.6) is 0 Å². The maximum absolute atomic E-state index is 12.5. The Kier molecular flexibility index (Phi) is 6.11. The predicted molar refractivity (Wildman–Crippen MR) is 103 cm³/mol. The summed E-state index contributed by atoms with van der Waals surface area (Å²) in [6.45, 7) is 7.15. The van der Waals surface area contributed by atoms with Crippen LogP contribution in [0, 0.1) is 11.8 Å². The number of nitrogens with zero attached hydrogens (tertiary/aromatic N) is 1. The Morgan fingerprint density at radius 1 is 1.22 bits per heavy atom. The van der Waals surface area contributed by atoms with Gasteiger partial charge in [-0.2, -0.15) is 0 Å². The van der Waals surface area contributed by atoms with Crippen LogP contribution in [-0.2, 0) is 19.1 Å². The average Bonchev–Trinajstić information content (AvgIpc) is 2.62. The van der Waals surface area contributed by atoms with Gasteiger partial charge in [-0.1, -0.05) is 13.8 Å². The summed E-state index contributed by atoms with van der Waals surface area (Å²) in [5.41, 5.74) is 1.63. The number of piperidine rings is 1. The molecule has 2 unspecified atom stereocenters. The van der Waals surface area contributed by atoms with Crippen molar-refractivity contribution < 1.29 is 19.1 Å². The van der Waals surface area contributed by atoms with E-state index in [1.165, 1.54) is 0 Å². The molecule has 146 valence electrons. The first-order valence-electron chi connectivity index (χ1n) is 9.50. The number of hydrogen-bond acceptors (Lipinski definition) is 5. The van der Waals surface area contributed by atoms with Crippen molar-refractivity contribution in [1.29, 1.82) is 0 Å². The quantitative estimate of drug-likeness (QED) is 0.765. The molecular weight excluding hydrogens is 346 g/mol. The Morgan fingerprint density at radius 2 is 1.89 bits per heavy atom. The number of anilines is 2. The minimum absolute atomic E-state index is 0.179. The highest BCUT2D eigenvalue weighted by Gasteiger charge is 2.40. The fourth-order valence-corrected chi connectivity index (χ4v) is 3.61. The summed E-state index contributed by atoms with van der Waals surface area (Å²) < 4.78 is 5.34. The van der Waals surface area contributed by atoms with Gasteiger partial charge in [0.2, 0.25) is 11.8 Å². The summed E-state index contributed by atoms with van der Waals surface area (Å²) in [6, 6.07) is 7.23. The minimum Gasteiger partial charge on any atom is -0.378 e. The fraction of sp³-hybridized carbons (Fsp3) is 0.550. The van der Waals surface area contributed by atoms with Crippen molar-refractivity contribution in [3.05, 3.63) is 24.3 Å². The number of benzene rings is 1. The van der Waals surface area contributed by atoms with Crippen LogP contribution in [0.2, 0.25) is 0 Å². The molecule has 2 atom stereocenters. The molecule has 0 spiro atoms. The molecule has 27 heavy (non-hydrogen) atoms. The number of morpholine rings is 1. The lowest BCUT2D eigenvalue weighted by atomic mass is 9.88. The molecule has 2 saturated heterocycles. The zero-order valence-electron chi connectivity index (χ0n) is 15.9. The molecular formula is C20H27N3O4. The maximum atomic E-state index is 12.5. The lowest BCUT2D eigenvalue weighted by Crippen LogP contribution is -2.53. The molecule has 0 saturated carbocycles. The standard InChI is InChI=1S/C20H27N3O4/c1-13(2)11-15-12-17(24)18(20(26)22-15)19(25)21-14-3-5-16(6-4-14)23-7-9-27-10-8-23/h3-6,13,15,18H,7-12H2,1-2H3,(H,21,25)(H,22,26). The van der Waals surface area contributed by atoms with Crippen LogP contribution in [0.3, 0.4) is 0 Å². The van der Waals surface area contributed by atoms with E-state index in [4.69, 9.17) is 4.74 Å². The van der Waals surface area contributed by atoms with E-state index in [9.17, 15) is 14.4 Å². The van der Waals surface area contributed by atoms with Crippen LogP contribution in [-0.4, -0.2) is 49.9 Å². The molecule has 7 heteroatoms. The monoisotopic (exact) mass is 373 g/mol. The largest absolute Gasteiger partial charge is 0.378 e. The van der Waals surface area contributed by atoms with E-state index >= 15 is 0 Å². The van der Waals surface area contributed by atoms with Crippen LogP contribution in [0.1, 0.15) is 26.7 Å². The van der Waals surface area contributed by atoms with Gasteiger partial charge < -0.3 is 20.3 Å². The molecule has 2 N–H and O–H groups in total. The summed E-state index contributed by atoms with van der Waals surface area (Å²) >= 11 is 0. The summed E-state index contributed by atoms with van der Waals surface area (Å²) in [4.78, 5) is 39.3. The lowest BCUT2D eigenvalue weighted by molar-refractivity contribution is -0.143. The number of hydrogen-bond donors (Lipinski definition) is 2. The molecule has 1 aromatic carbocycles. The van der Waals surface area contributed by atoms with Crippen molar-refractivity contribution in [2.45, 2.75) is 32.7 Å². The van der Waals surface area contributed by atoms with Gasteiger partial charge in [0, 0.05) is 36.9 Å². The molecule has 2 aliphatic heterocycles. The van der Waals surface area contributed by atoms with E-state index in [-0.39, 0.29) is 18.2 Å². The van der Waals surface area contributed by atoms with Crippen molar-refractivity contribution in [3.63, 3.8) is 0 Å². The molecule has 1 aromatic rings. The van der Waals surface area contributed by atoms with Gasteiger partial charge in [-0.25, -0.2) is 0 Å². The third-order valence-corrected chi connectivity index (χ3v) is 4.91. The number of ether oxygens (including phenoxy) is 1. The van der Waals surface area contributed by atoms with E-state index in [2.05, 4.69) is 15.5 Å². The second kappa shape index (κ2) is 8.52. The maximum Gasteiger partial charge on any atom is 0.244 e. The third kappa shape index (κ3) is 4.86. The Labute approximate surface area is 159 Å². The molecule has 2 amide bonds. The van der Waals surface area contributed by atoms with Gasteiger partial charge in [-0.15, -0.1) is 0 Å². The number of ketones is 1. The normalized spacial score (nSPS) is 23.3. The minimum atomic E-state index is -1.27. The van der Waals surface area contributed by atoms with E-state index < -0.39 is 17.7 Å². The topological polar surface area (TPSA) is 87.7 Å². The highest BCUT2D eigenvalue weighted by atomic mass is 16.5. The van der Waals surface area contributed by atoms with Gasteiger partial charge in [-0.05, 0) is 36.6 Å². The first kappa shape index (κ1) is 19.4. The van der Waals surface area contributed by atoms with Crippen molar-refractivity contribution in [3.8, 4) is 0 Å². The van der Waals surface area contributed by atoms with Gasteiger partial charge >= 0.3 is 0 Å². The smallest absolute Gasteiger partial charge is 0.244 e. The van der Waals surface area contributed by atoms with Gasteiger partial charge in [0.05, 0.1) is 13.2 Å². The fourth-order valence-electron chi connectivity index (χ4n) is 3.61. The van der Waals surface area contributed by atoms with E-state index in [0.29, 0.717) is 24.8 Å². The van der Waals surface area contributed by atoms with Gasteiger partial charge in [0.25, 0.3) is 0 Å². The number of carbonyl (C=O) groups excluding carboxylic acids is 3. The number of amides is 2. The highest BCUT2D eigenvalue weighted by Crippen LogP contribution is 2.22. The Bertz CT molecular complexity index is 678. The van der Waals surface area contributed by atoms with Crippen LogP contribution in [0.15, 0.2) is 24.3 Å². The van der Waals surface area contributed by atoms with Crippen LogP contribution >= 0.6 is 0 Å². The second-order valence-corrected chi connectivity index (χ2v) is 7.57. The van der Waals surface area contributed by atoms with Crippen LogP contribution < -0.4 is 15.5 Å². The molecule has 0 aromatic heterocycles. The zero-order valence-corrected chi connectivity index (χ0v) is 15.9. The molecule has 3 rings (SSSR count). The van der Waals surface area contributed by atoms with Gasteiger partial charge in [0.1, 0.15) is 0 Å². The zero-order chi connectivity index (χ0) is 19.4. The van der Waals surface area contributed by atoms with E-state index in [0.717, 1.165) is 25.2 Å². The SMILES string of the molecule is CC(C)CC1CC(=O)C(C(=O)Nc2ccc(N3CCOCC3)cc2)C(=O)N1. The molecule has 0 radical (unpaired) electrons. The Morgan fingerprint density at radius 3 is 2.48 bits per heavy atom. The number of Topliss-reactive ketones (excluding diaryl/α,β-unsaturated/α-hetero) is 1. The predicted octanol–water partition coefficient (Wildman–Crippen LogP) is 1.58. The average molecular weight is 373 g/mol. The molecule has 2 aliphatic rings. The van der Waals surface area contributed by atoms with Crippen molar-refractivity contribution in [2.24, 2.45) is 11.8 Å². The molecule has 7 nitrogen and oxygen atoms in total. The van der Waals surface area contributed by atoms with Crippen molar-refractivity contribution >= 4 is 29.0 Å². The Balaban J connectivity index is 1.59. The highest BCUT2D eigenvalue weighted by molar-refractivity contribution is 6.22. The van der Waals surface area contributed by atoms with Crippen LogP contribution in [0.25, 0.3) is 0 Å². The summed E-state index contributed by atoms with van der Waals surface area (Å²) in [5, 5.41) is 5.50. The van der Waals surface area contributed by atoms with E-state index in [1.807, 2.05) is 26.0 Å². The first-order chi connectivity index (χ1) is 12.9. The summed E-state index contributed by atoms with van der Waals surface area (Å²) in [5.74, 6) is -2.28. The number of rotatable bonds is 5. The first-order valence-corrected chi connectivity index (χ1v) is 9.50. The van der Waals surface area contributed by atoms with E-state index in [1.54, 1.807) is 12.1 Å².